The maximum absolute atomic E-state index is 12.0. The van der Waals surface area contributed by atoms with Gasteiger partial charge in [-0.1, -0.05) is 15.9 Å². The average Bonchev–Trinajstić information content (AvgIpc) is 2.53. The minimum absolute atomic E-state index is 0. The number of benzene rings is 1. The number of hydrogen-bond acceptors (Lipinski definition) is 3. The molecular formula is C17H28BrIN4O2. The molecule has 1 aromatic rings. The predicted octanol–water partition coefficient (Wildman–Crippen LogP) is 3.29. The highest BCUT2D eigenvalue weighted by atomic mass is 127. The van der Waals surface area contributed by atoms with Gasteiger partial charge in [0.25, 0.3) is 0 Å². The molecular weight excluding hydrogens is 499 g/mol. The number of carbonyl (C=O) groups is 1. The molecule has 0 saturated carbocycles. The van der Waals surface area contributed by atoms with Crippen LogP contribution in [0.4, 0.5) is 5.69 Å². The molecule has 0 heterocycles. The van der Waals surface area contributed by atoms with E-state index in [1.54, 1.807) is 14.2 Å². The Hall–Kier alpha value is -0.870. The van der Waals surface area contributed by atoms with Crippen LogP contribution in [0.15, 0.2) is 27.7 Å². The first kappa shape index (κ1) is 24.1. The lowest BCUT2D eigenvalue weighted by Crippen LogP contribution is -2.45. The van der Waals surface area contributed by atoms with Crippen molar-refractivity contribution in [1.82, 2.24) is 10.6 Å². The van der Waals surface area contributed by atoms with E-state index < -0.39 is 0 Å². The van der Waals surface area contributed by atoms with Gasteiger partial charge in [0.05, 0.1) is 5.60 Å². The minimum Gasteiger partial charge on any atom is -0.377 e. The maximum atomic E-state index is 12.0. The monoisotopic (exact) mass is 526 g/mol. The first-order valence-corrected chi connectivity index (χ1v) is 8.62. The number of halogens is 2. The lowest BCUT2D eigenvalue weighted by Gasteiger charge is -2.24. The first-order chi connectivity index (χ1) is 11.3. The number of nitrogens with zero attached hydrogens (tertiary/aromatic N) is 1. The number of aryl methyl sites for hydroxylation is 1. The van der Waals surface area contributed by atoms with Gasteiger partial charge < -0.3 is 20.7 Å². The SMILES string of the molecule is CN=C(NCCC(=O)Nc1ccc(Br)cc1C)NCC(C)(C)OC.I. The Morgan fingerprint density at radius 2 is 2.00 bits per heavy atom. The van der Waals surface area contributed by atoms with Gasteiger partial charge in [0, 0.05) is 43.8 Å². The molecule has 1 aromatic carbocycles. The summed E-state index contributed by atoms with van der Waals surface area (Å²) in [4.78, 5) is 16.2. The molecule has 0 radical (unpaired) electrons. The zero-order valence-electron chi connectivity index (χ0n) is 15.4. The summed E-state index contributed by atoms with van der Waals surface area (Å²) in [6.45, 7) is 7.05. The normalized spacial score (nSPS) is 11.5. The molecule has 8 heteroatoms. The van der Waals surface area contributed by atoms with Gasteiger partial charge in [-0.3, -0.25) is 9.79 Å². The number of carbonyl (C=O) groups excluding carboxylic acids is 1. The number of ether oxygens (including phenoxy) is 1. The van der Waals surface area contributed by atoms with Crippen molar-refractivity contribution < 1.29 is 9.53 Å². The highest BCUT2D eigenvalue weighted by molar-refractivity contribution is 14.0. The van der Waals surface area contributed by atoms with Crippen molar-refractivity contribution in [2.24, 2.45) is 4.99 Å². The molecule has 6 nitrogen and oxygen atoms in total. The number of nitrogens with one attached hydrogen (secondary N) is 3. The van der Waals surface area contributed by atoms with Gasteiger partial charge in [0.1, 0.15) is 0 Å². The number of anilines is 1. The van der Waals surface area contributed by atoms with Crippen molar-refractivity contribution in [3.63, 3.8) is 0 Å². The minimum atomic E-state index is -0.284. The van der Waals surface area contributed by atoms with E-state index in [0.717, 1.165) is 15.7 Å². The van der Waals surface area contributed by atoms with Crippen molar-refractivity contribution >= 4 is 57.5 Å². The fourth-order valence-electron chi connectivity index (χ4n) is 1.86. The second-order valence-corrected chi connectivity index (χ2v) is 6.99. The Bertz CT molecular complexity index is 594. The van der Waals surface area contributed by atoms with E-state index in [4.69, 9.17) is 4.74 Å². The van der Waals surface area contributed by atoms with Crippen LogP contribution in [0, 0.1) is 6.92 Å². The second kappa shape index (κ2) is 11.7. The van der Waals surface area contributed by atoms with E-state index >= 15 is 0 Å². The third-order valence-electron chi connectivity index (χ3n) is 3.56. The second-order valence-electron chi connectivity index (χ2n) is 6.07. The molecule has 3 N–H and O–H groups in total. The topological polar surface area (TPSA) is 74.8 Å². The fraction of sp³-hybridized carbons (Fsp3) is 0.529. The molecule has 0 saturated heterocycles. The maximum Gasteiger partial charge on any atom is 0.226 e. The van der Waals surface area contributed by atoms with E-state index in [1.165, 1.54) is 0 Å². The molecule has 142 valence electrons. The van der Waals surface area contributed by atoms with Gasteiger partial charge in [0.2, 0.25) is 5.91 Å². The fourth-order valence-corrected chi connectivity index (χ4v) is 2.34. The number of amides is 1. The summed E-state index contributed by atoms with van der Waals surface area (Å²) in [5, 5.41) is 9.21. The molecule has 0 aliphatic heterocycles. The quantitative estimate of drug-likeness (QED) is 0.289. The van der Waals surface area contributed by atoms with Crippen LogP contribution >= 0.6 is 39.9 Å². The molecule has 0 bridgehead atoms. The molecule has 0 atom stereocenters. The molecule has 1 amide bonds. The standard InChI is InChI=1S/C17H27BrN4O2.HI/c1-12-10-13(18)6-7-14(12)22-15(23)8-9-20-16(19-4)21-11-17(2,3)24-5;/h6-7,10H,8-9,11H2,1-5H3,(H,22,23)(H2,19,20,21);1H. The summed E-state index contributed by atoms with van der Waals surface area (Å²) in [7, 11) is 3.37. The summed E-state index contributed by atoms with van der Waals surface area (Å²) in [5.74, 6) is 0.605. The highest BCUT2D eigenvalue weighted by Gasteiger charge is 2.16. The summed E-state index contributed by atoms with van der Waals surface area (Å²) in [6, 6.07) is 5.76. The van der Waals surface area contributed by atoms with E-state index in [0.29, 0.717) is 25.5 Å². The molecule has 25 heavy (non-hydrogen) atoms. The van der Waals surface area contributed by atoms with E-state index in [9.17, 15) is 4.79 Å². The van der Waals surface area contributed by atoms with Crippen molar-refractivity contribution in [2.45, 2.75) is 32.8 Å². The van der Waals surface area contributed by atoms with Crippen molar-refractivity contribution in [1.29, 1.82) is 0 Å². The van der Waals surface area contributed by atoms with Gasteiger partial charge in [0.15, 0.2) is 5.96 Å². The Balaban J connectivity index is 0.00000576. The summed E-state index contributed by atoms with van der Waals surface area (Å²) >= 11 is 3.41. The zero-order chi connectivity index (χ0) is 18.2. The van der Waals surface area contributed by atoms with Crippen LogP contribution in [0.1, 0.15) is 25.8 Å². The molecule has 0 aliphatic rings. The van der Waals surface area contributed by atoms with Gasteiger partial charge >= 0.3 is 0 Å². The van der Waals surface area contributed by atoms with Crippen LogP contribution in [0.25, 0.3) is 0 Å². The van der Waals surface area contributed by atoms with Crippen LogP contribution < -0.4 is 16.0 Å². The molecule has 0 spiro atoms. The van der Waals surface area contributed by atoms with E-state index in [-0.39, 0.29) is 35.5 Å². The Morgan fingerprint density at radius 3 is 2.56 bits per heavy atom. The molecule has 0 fully saturated rings. The van der Waals surface area contributed by atoms with Crippen LogP contribution in [-0.2, 0) is 9.53 Å². The Morgan fingerprint density at radius 1 is 1.32 bits per heavy atom. The molecule has 0 aliphatic carbocycles. The third kappa shape index (κ3) is 9.41. The summed E-state index contributed by atoms with van der Waals surface area (Å²) in [5.41, 5.74) is 1.56. The highest BCUT2D eigenvalue weighted by Crippen LogP contribution is 2.20. The lowest BCUT2D eigenvalue weighted by atomic mass is 10.1. The number of aliphatic imine (C=N–C) groups is 1. The summed E-state index contributed by atoms with van der Waals surface area (Å²) in [6.07, 6.45) is 0.351. The van der Waals surface area contributed by atoms with Crippen LogP contribution in [0.5, 0.6) is 0 Å². The molecule has 0 aromatic heterocycles. The Labute approximate surface area is 175 Å². The van der Waals surface area contributed by atoms with Gasteiger partial charge in [-0.05, 0) is 44.5 Å². The zero-order valence-corrected chi connectivity index (χ0v) is 19.3. The number of methoxy groups -OCH3 is 1. The van der Waals surface area contributed by atoms with Crippen molar-refractivity contribution in [3.05, 3.63) is 28.2 Å². The number of guanidine groups is 1. The first-order valence-electron chi connectivity index (χ1n) is 7.83. The largest absolute Gasteiger partial charge is 0.377 e. The van der Waals surface area contributed by atoms with Gasteiger partial charge in [-0.15, -0.1) is 24.0 Å². The third-order valence-corrected chi connectivity index (χ3v) is 4.06. The van der Waals surface area contributed by atoms with E-state index in [2.05, 4.69) is 36.9 Å². The van der Waals surface area contributed by atoms with E-state index in [1.807, 2.05) is 39.0 Å². The van der Waals surface area contributed by atoms with Crippen molar-refractivity contribution in [2.75, 3.05) is 32.6 Å². The number of rotatable bonds is 7. The molecule has 1 rings (SSSR count). The van der Waals surface area contributed by atoms with Crippen LogP contribution in [0.2, 0.25) is 0 Å². The predicted molar refractivity (Wildman–Crippen MR) is 118 cm³/mol. The van der Waals surface area contributed by atoms with Gasteiger partial charge in [-0.25, -0.2) is 0 Å². The average molecular weight is 527 g/mol. The lowest BCUT2D eigenvalue weighted by molar-refractivity contribution is -0.116. The Kier molecular flexibility index (Phi) is 11.3. The van der Waals surface area contributed by atoms with Gasteiger partial charge in [-0.2, -0.15) is 0 Å². The molecule has 0 unspecified atom stereocenters. The smallest absolute Gasteiger partial charge is 0.226 e. The van der Waals surface area contributed by atoms with Crippen molar-refractivity contribution in [3.8, 4) is 0 Å². The van der Waals surface area contributed by atoms with Crippen LogP contribution in [-0.4, -0.2) is 44.7 Å². The summed E-state index contributed by atoms with van der Waals surface area (Å²) < 4.78 is 6.34. The number of hydrogen-bond donors (Lipinski definition) is 3. The van der Waals surface area contributed by atoms with Crippen LogP contribution in [0.3, 0.4) is 0 Å².